The van der Waals surface area contributed by atoms with Crippen LogP contribution in [0.3, 0.4) is 0 Å². The zero-order valence-corrected chi connectivity index (χ0v) is 13.9. The summed E-state index contributed by atoms with van der Waals surface area (Å²) < 4.78 is 43.6. The van der Waals surface area contributed by atoms with E-state index in [1.807, 2.05) is 43.3 Å². The van der Waals surface area contributed by atoms with Gasteiger partial charge < -0.3 is 15.0 Å². The maximum absolute atomic E-state index is 12.9. The summed E-state index contributed by atoms with van der Waals surface area (Å²) in [4.78, 5) is 13.8. The predicted octanol–water partition coefficient (Wildman–Crippen LogP) is 3.47. The molecule has 0 saturated carbocycles. The van der Waals surface area contributed by atoms with E-state index in [-0.39, 0.29) is 12.3 Å². The fraction of sp³-hybridized carbons (Fsp3) is 0.278. The quantitative estimate of drug-likeness (QED) is 0.866. The summed E-state index contributed by atoms with van der Waals surface area (Å²) in [6.45, 7) is -0.217. The number of ether oxygens (including phenoxy) is 1. The number of nitrogens with zero attached hydrogens (tertiary/aromatic N) is 1. The van der Waals surface area contributed by atoms with Crippen LogP contribution < -0.4 is 15.0 Å². The average molecular weight is 352 g/mol. The Bertz CT molecular complexity index is 730. The van der Waals surface area contributed by atoms with Crippen molar-refractivity contribution in [3.05, 3.63) is 59.7 Å². The van der Waals surface area contributed by atoms with Crippen molar-refractivity contribution in [1.82, 2.24) is 5.32 Å². The summed E-state index contributed by atoms with van der Waals surface area (Å²) in [5.41, 5.74) is 0.971. The molecule has 1 amide bonds. The fourth-order valence-electron chi connectivity index (χ4n) is 2.17. The first-order valence-electron chi connectivity index (χ1n) is 7.59. The number of benzene rings is 2. The van der Waals surface area contributed by atoms with Gasteiger partial charge in [-0.1, -0.05) is 24.3 Å². The number of hydrogen-bond donors (Lipinski definition) is 1. The van der Waals surface area contributed by atoms with Crippen LogP contribution in [0.5, 0.6) is 5.75 Å². The number of carbonyl (C=O) groups excluding carboxylic acids is 1. The molecule has 0 atom stereocenters. The lowest BCUT2D eigenvalue weighted by atomic mass is 10.2. The van der Waals surface area contributed by atoms with Crippen molar-refractivity contribution in [2.24, 2.45) is 0 Å². The van der Waals surface area contributed by atoms with Crippen molar-refractivity contribution in [3.8, 4) is 5.75 Å². The summed E-state index contributed by atoms with van der Waals surface area (Å²) in [5.74, 6) is -0.855. The molecule has 4 nitrogen and oxygen atoms in total. The lowest BCUT2D eigenvalue weighted by Gasteiger charge is -2.15. The molecule has 0 aromatic heterocycles. The Labute approximate surface area is 144 Å². The highest BCUT2D eigenvalue weighted by Crippen LogP contribution is 2.35. The minimum Gasteiger partial charge on any atom is -0.483 e. The summed E-state index contributed by atoms with van der Waals surface area (Å²) in [5, 5.41) is 2.63. The number of halogens is 3. The molecule has 0 radical (unpaired) electrons. The van der Waals surface area contributed by atoms with Crippen LogP contribution >= 0.6 is 0 Å². The standard InChI is InChI=1S/C18H19F3N2O2/c1-23(2)14-7-5-6-13(10-14)11-22-17(24)12-25-16-9-4-3-8-15(16)18(19,20)21/h3-10H,11-12H2,1-2H3,(H,22,24). The molecule has 0 saturated heterocycles. The van der Waals surface area contributed by atoms with Crippen LogP contribution in [0.25, 0.3) is 0 Å². The van der Waals surface area contributed by atoms with Crippen molar-refractivity contribution in [2.75, 3.05) is 25.6 Å². The zero-order chi connectivity index (χ0) is 18.4. The molecular formula is C18H19F3N2O2. The van der Waals surface area contributed by atoms with Gasteiger partial charge in [-0.2, -0.15) is 13.2 Å². The van der Waals surface area contributed by atoms with Gasteiger partial charge in [0, 0.05) is 26.3 Å². The van der Waals surface area contributed by atoms with Crippen molar-refractivity contribution in [2.45, 2.75) is 12.7 Å². The number of anilines is 1. The topological polar surface area (TPSA) is 41.6 Å². The molecular weight excluding hydrogens is 333 g/mol. The predicted molar refractivity (Wildman–Crippen MR) is 89.6 cm³/mol. The maximum atomic E-state index is 12.9. The molecule has 2 rings (SSSR count). The molecule has 0 aliphatic heterocycles. The van der Waals surface area contributed by atoms with Crippen molar-refractivity contribution in [3.63, 3.8) is 0 Å². The van der Waals surface area contributed by atoms with Gasteiger partial charge in [-0.15, -0.1) is 0 Å². The van der Waals surface area contributed by atoms with Gasteiger partial charge >= 0.3 is 6.18 Å². The van der Waals surface area contributed by atoms with Crippen LogP contribution in [0.2, 0.25) is 0 Å². The maximum Gasteiger partial charge on any atom is 0.419 e. The van der Waals surface area contributed by atoms with Crippen LogP contribution in [0.1, 0.15) is 11.1 Å². The Balaban J connectivity index is 1.91. The number of nitrogens with one attached hydrogen (secondary N) is 1. The van der Waals surface area contributed by atoms with E-state index >= 15 is 0 Å². The molecule has 0 aliphatic rings. The average Bonchev–Trinajstić information content (AvgIpc) is 2.58. The van der Waals surface area contributed by atoms with Gasteiger partial charge in [-0.25, -0.2) is 0 Å². The summed E-state index contributed by atoms with van der Waals surface area (Å²) in [7, 11) is 3.81. The van der Waals surface area contributed by atoms with Crippen LogP contribution in [0, 0.1) is 0 Å². The van der Waals surface area contributed by atoms with E-state index in [1.165, 1.54) is 18.2 Å². The van der Waals surface area contributed by atoms with Crippen molar-refractivity contribution >= 4 is 11.6 Å². The van der Waals surface area contributed by atoms with Crippen LogP contribution in [-0.4, -0.2) is 26.6 Å². The van der Waals surface area contributed by atoms with E-state index in [2.05, 4.69) is 5.32 Å². The summed E-state index contributed by atoms with van der Waals surface area (Å²) in [6, 6.07) is 12.4. The number of alkyl halides is 3. The molecule has 0 unspecified atom stereocenters. The molecule has 0 spiro atoms. The lowest BCUT2D eigenvalue weighted by molar-refractivity contribution is -0.139. The van der Waals surface area contributed by atoms with Gasteiger partial charge in [-0.05, 0) is 29.8 Å². The Hall–Kier alpha value is -2.70. The highest BCUT2D eigenvalue weighted by Gasteiger charge is 2.34. The molecule has 0 fully saturated rings. The van der Waals surface area contributed by atoms with E-state index in [9.17, 15) is 18.0 Å². The van der Waals surface area contributed by atoms with Gasteiger partial charge in [-0.3, -0.25) is 4.79 Å². The van der Waals surface area contributed by atoms with Gasteiger partial charge in [0.2, 0.25) is 0 Å². The third kappa shape index (κ3) is 5.41. The number of carbonyl (C=O) groups is 1. The second-order valence-corrected chi connectivity index (χ2v) is 5.62. The van der Waals surface area contributed by atoms with Crippen LogP contribution in [0.15, 0.2) is 48.5 Å². The van der Waals surface area contributed by atoms with Crippen molar-refractivity contribution < 1.29 is 22.7 Å². The minimum atomic E-state index is -4.53. The third-order valence-corrected chi connectivity index (χ3v) is 3.47. The number of rotatable bonds is 6. The lowest BCUT2D eigenvalue weighted by Crippen LogP contribution is -2.28. The first-order valence-corrected chi connectivity index (χ1v) is 7.59. The first kappa shape index (κ1) is 18.6. The van der Waals surface area contributed by atoms with E-state index in [1.54, 1.807) is 0 Å². The van der Waals surface area contributed by atoms with E-state index in [0.717, 1.165) is 17.3 Å². The minimum absolute atomic E-state index is 0.269. The number of para-hydroxylation sites is 1. The molecule has 0 heterocycles. The van der Waals surface area contributed by atoms with Crippen LogP contribution in [0.4, 0.5) is 18.9 Å². The zero-order valence-electron chi connectivity index (χ0n) is 13.9. The Morgan fingerprint density at radius 2 is 1.84 bits per heavy atom. The second-order valence-electron chi connectivity index (χ2n) is 5.62. The van der Waals surface area contributed by atoms with E-state index in [0.29, 0.717) is 0 Å². The molecule has 2 aromatic rings. The monoisotopic (exact) mass is 352 g/mol. The Morgan fingerprint density at radius 3 is 2.52 bits per heavy atom. The molecule has 134 valence electrons. The Kier molecular flexibility index (Phi) is 5.90. The van der Waals surface area contributed by atoms with Gasteiger partial charge in [0.15, 0.2) is 6.61 Å². The summed E-state index contributed by atoms with van der Waals surface area (Å²) in [6.07, 6.45) is -4.53. The number of hydrogen-bond acceptors (Lipinski definition) is 3. The smallest absolute Gasteiger partial charge is 0.419 e. The molecule has 7 heteroatoms. The SMILES string of the molecule is CN(C)c1cccc(CNC(=O)COc2ccccc2C(F)(F)F)c1. The molecule has 0 aliphatic carbocycles. The van der Waals surface area contributed by atoms with Crippen LogP contribution in [-0.2, 0) is 17.5 Å². The van der Waals surface area contributed by atoms with Crippen molar-refractivity contribution in [1.29, 1.82) is 0 Å². The largest absolute Gasteiger partial charge is 0.483 e. The normalized spacial score (nSPS) is 11.1. The fourth-order valence-corrected chi connectivity index (χ4v) is 2.17. The second kappa shape index (κ2) is 7.92. The highest BCUT2D eigenvalue weighted by molar-refractivity contribution is 5.77. The molecule has 0 bridgehead atoms. The molecule has 2 aromatic carbocycles. The van der Waals surface area contributed by atoms with E-state index in [4.69, 9.17) is 4.74 Å². The first-order chi connectivity index (χ1) is 11.8. The summed E-state index contributed by atoms with van der Waals surface area (Å²) >= 11 is 0. The van der Waals surface area contributed by atoms with Gasteiger partial charge in [0.05, 0.1) is 5.56 Å². The number of amides is 1. The van der Waals surface area contributed by atoms with Gasteiger partial charge in [0.25, 0.3) is 5.91 Å². The molecule has 25 heavy (non-hydrogen) atoms. The van der Waals surface area contributed by atoms with E-state index < -0.39 is 24.3 Å². The van der Waals surface area contributed by atoms with Gasteiger partial charge in [0.1, 0.15) is 5.75 Å². The third-order valence-electron chi connectivity index (χ3n) is 3.47. The Morgan fingerprint density at radius 1 is 1.12 bits per heavy atom. The molecule has 1 N–H and O–H groups in total. The highest BCUT2D eigenvalue weighted by atomic mass is 19.4.